The normalized spacial score (nSPS) is 14.5. The van der Waals surface area contributed by atoms with Gasteiger partial charge in [-0.15, -0.1) is 0 Å². The molecule has 1 aliphatic carbocycles. The molecule has 0 aliphatic heterocycles. The molecule has 100 valence electrons. The summed E-state index contributed by atoms with van der Waals surface area (Å²) >= 11 is 8.55. The third kappa shape index (κ3) is 2.42. The number of hydrogen-bond donors (Lipinski definition) is 1. The summed E-state index contributed by atoms with van der Waals surface area (Å²) in [4.78, 5) is 4.89. The molecule has 1 aromatic heterocycles. The number of aromatic nitrogens is 1. The first kappa shape index (κ1) is 13.4. The summed E-state index contributed by atoms with van der Waals surface area (Å²) in [5.41, 5.74) is 5.01. The van der Waals surface area contributed by atoms with E-state index in [1.54, 1.807) is 0 Å². The zero-order valence-electron chi connectivity index (χ0n) is 10.9. The number of fused-ring (bicyclic) bond motifs is 2. The zero-order valence-corrected chi connectivity index (χ0v) is 13.8. The molecular formula is C15H16ClIN2. The van der Waals surface area contributed by atoms with Crippen molar-refractivity contribution in [3.63, 3.8) is 0 Å². The molecule has 2 nitrogen and oxygen atoms in total. The predicted molar refractivity (Wildman–Crippen MR) is 90.3 cm³/mol. The van der Waals surface area contributed by atoms with Crippen molar-refractivity contribution >= 4 is 50.8 Å². The van der Waals surface area contributed by atoms with E-state index in [4.69, 9.17) is 16.6 Å². The van der Waals surface area contributed by atoms with Gasteiger partial charge in [-0.05, 0) is 72.9 Å². The van der Waals surface area contributed by atoms with Gasteiger partial charge in [0.25, 0.3) is 0 Å². The van der Waals surface area contributed by atoms with Crippen LogP contribution < -0.4 is 5.32 Å². The fourth-order valence-corrected chi connectivity index (χ4v) is 3.98. The molecule has 2 aromatic rings. The summed E-state index contributed by atoms with van der Waals surface area (Å²) in [5.74, 6) is 0. The average Bonchev–Trinajstić information content (AvgIpc) is 2.40. The van der Waals surface area contributed by atoms with Crippen molar-refractivity contribution in [2.75, 3.05) is 11.9 Å². The van der Waals surface area contributed by atoms with E-state index in [1.807, 2.05) is 12.1 Å². The Morgan fingerprint density at radius 2 is 2.11 bits per heavy atom. The Hall–Kier alpha value is -0.550. The highest BCUT2D eigenvalue weighted by atomic mass is 127. The molecule has 19 heavy (non-hydrogen) atoms. The molecule has 1 aromatic carbocycles. The van der Waals surface area contributed by atoms with Crippen LogP contribution >= 0.6 is 34.2 Å². The second-order valence-corrected chi connectivity index (χ2v) is 6.53. The minimum Gasteiger partial charge on any atom is -0.384 e. The van der Waals surface area contributed by atoms with Gasteiger partial charge in [0.15, 0.2) is 0 Å². The van der Waals surface area contributed by atoms with Gasteiger partial charge in [0.2, 0.25) is 0 Å². The summed E-state index contributed by atoms with van der Waals surface area (Å²) in [6, 6.07) is 4.03. The van der Waals surface area contributed by atoms with Crippen LogP contribution in [0.3, 0.4) is 0 Å². The lowest BCUT2D eigenvalue weighted by Crippen LogP contribution is -2.11. The molecule has 0 unspecified atom stereocenters. The van der Waals surface area contributed by atoms with Gasteiger partial charge in [-0.1, -0.05) is 11.6 Å². The first-order chi connectivity index (χ1) is 9.20. The highest BCUT2D eigenvalue weighted by Crippen LogP contribution is 2.36. The molecule has 0 saturated heterocycles. The third-order valence-electron chi connectivity index (χ3n) is 3.64. The van der Waals surface area contributed by atoms with Crippen molar-refractivity contribution in [1.29, 1.82) is 0 Å². The second kappa shape index (κ2) is 5.44. The summed E-state index contributed by atoms with van der Waals surface area (Å²) in [5, 5.41) is 5.48. The van der Waals surface area contributed by atoms with E-state index < -0.39 is 0 Å². The fraction of sp³-hybridized carbons (Fsp3) is 0.400. The Morgan fingerprint density at radius 3 is 2.89 bits per heavy atom. The minimum atomic E-state index is 0.786. The smallest absolute Gasteiger partial charge is 0.0860 e. The van der Waals surface area contributed by atoms with Crippen molar-refractivity contribution in [2.45, 2.75) is 32.6 Å². The quantitative estimate of drug-likeness (QED) is 0.750. The number of benzene rings is 1. The molecule has 3 rings (SSSR count). The van der Waals surface area contributed by atoms with Crippen LogP contribution in [0.1, 0.15) is 31.0 Å². The summed E-state index contributed by atoms with van der Waals surface area (Å²) in [7, 11) is 0. The van der Waals surface area contributed by atoms with Crippen LogP contribution in [-0.2, 0) is 12.8 Å². The predicted octanol–water partition coefficient (Wildman–Crippen LogP) is 4.80. The SMILES string of the molecule is CCNc1c2c(nc3c(I)cc(Cl)cc13)CCCC2. The highest BCUT2D eigenvalue weighted by molar-refractivity contribution is 14.1. The number of aryl methyl sites for hydroxylation is 1. The van der Waals surface area contributed by atoms with Crippen LogP contribution in [0.5, 0.6) is 0 Å². The van der Waals surface area contributed by atoms with Gasteiger partial charge in [-0.2, -0.15) is 0 Å². The number of hydrogen-bond acceptors (Lipinski definition) is 2. The molecule has 0 radical (unpaired) electrons. The molecule has 1 N–H and O–H groups in total. The highest BCUT2D eigenvalue weighted by Gasteiger charge is 2.19. The standard InChI is InChI=1S/C15H16ClIN2/c1-2-18-14-10-5-3-4-6-13(10)19-15-11(14)7-9(16)8-12(15)17/h7-8H,2-6H2,1H3,(H,18,19). The van der Waals surface area contributed by atoms with Crippen molar-refractivity contribution in [3.05, 3.63) is 32.0 Å². The van der Waals surface area contributed by atoms with Crippen LogP contribution in [-0.4, -0.2) is 11.5 Å². The monoisotopic (exact) mass is 386 g/mol. The average molecular weight is 387 g/mol. The lowest BCUT2D eigenvalue weighted by Gasteiger charge is -2.21. The molecule has 0 atom stereocenters. The van der Waals surface area contributed by atoms with Gasteiger partial charge in [-0.3, -0.25) is 4.98 Å². The van der Waals surface area contributed by atoms with E-state index in [0.29, 0.717) is 0 Å². The van der Waals surface area contributed by atoms with E-state index in [2.05, 4.69) is 34.8 Å². The molecule has 4 heteroatoms. The maximum absolute atomic E-state index is 6.22. The van der Waals surface area contributed by atoms with E-state index in [1.165, 1.54) is 35.2 Å². The maximum Gasteiger partial charge on any atom is 0.0860 e. The summed E-state index contributed by atoms with van der Waals surface area (Å²) < 4.78 is 1.13. The van der Waals surface area contributed by atoms with Crippen molar-refractivity contribution in [3.8, 4) is 0 Å². The number of anilines is 1. The number of nitrogens with zero attached hydrogens (tertiary/aromatic N) is 1. The van der Waals surface area contributed by atoms with E-state index in [9.17, 15) is 0 Å². The Kier molecular flexibility index (Phi) is 3.85. The van der Waals surface area contributed by atoms with Crippen LogP contribution in [0.2, 0.25) is 5.02 Å². The number of halogens is 2. The van der Waals surface area contributed by atoms with Gasteiger partial charge in [0, 0.05) is 31.9 Å². The lowest BCUT2D eigenvalue weighted by atomic mass is 9.92. The van der Waals surface area contributed by atoms with Gasteiger partial charge < -0.3 is 5.32 Å². The topological polar surface area (TPSA) is 24.9 Å². The molecule has 0 saturated carbocycles. The van der Waals surface area contributed by atoms with Crippen molar-refractivity contribution in [1.82, 2.24) is 4.98 Å². The van der Waals surface area contributed by atoms with Gasteiger partial charge in [0.1, 0.15) is 0 Å². The molecule has 0 bridgehead atoms. The Labute approximate surface area is 132 Å². The Morgan fingerprint density at radius 1 is 1.32 bits per heavy atom. The van der Waals surface area contributed by atoms with Crippen LogP contribution in [0, 0.1) is 3.57 Å². The lowest BCUT2D eigenvalue weighted by molar-refractivity contribution is 0.672. The number of pyridine rings is 1. The first-order valence-corrected chi connectivity index (χ1v) is 8.20. The van der Waals surface area contributed by atoms with Gasteiger partial charge in [-0.25, -0.2) is 0 Å². The minimum absolute atomic E-state index is 0.786. The van der Waals surface area contributed by atoms with Crippen molar-refractivity contribution in [2.24, 2.45) is 0 Å². The summed E-state index contributed by atoms with van der Waals surface area (Å²) in [6.07, 6.45) is 4.74. The summed E-state index contributed by atoms with van der Waals surface area (Å²) in [6.45, 7) is 3.06. The van der Waals surface area contributed by atoms with Crippen LogP contribution in [0.25, 0.3) is 10.9 Å². The van der Waals surface area contributed by atoms with Crippen LogP contribution in [0.4, 0.5) is 5.69 Å². The van der Waals surface area contributed by atoms with E-state index >= 15 is 0 Å². The molecule has 0 amide bonds. The number of rotatable bonds is 2. The molecule has 1 heterocycles. The fourth-order valence-electron chi connectivity index (χ4n) is 2.83. The van der Waals surface area contributed by atoms with Gasteiger partial charge in [0.05, 0.1) is 5.52 Å². The van der Waals surface area contributed by atoms with Crippen LogP contribution in [0.15, 0.2) is 12.1 Å². The maximum atomic E-state index is 6.22. The molecule has 1 aliphatic rings. The van der Waals surface area contributed by atoms with E-state index in [0.717, 1.165) is 33.5 Å². The third-order valence-corrected chi connectivity index (χ3v) is 4.68. The Balaban J connectivity index is 2.35. The van der Waals surface area contributed by atoms with E-state index in [-0.39, 0.29) is 0 Å². The molecular weight excluding hydrogens is 371 g/mol. The first-order valence-electron chi connectivity index (χ1n) is 6.75. The zero-order chi connectivity index (χ0) is 13.4. The van der Waals surface area contributed by atoms with Gasteiger partial charge >= 0.3 is 0 Å². The largest absolute Gasteiger partial charge is 0.384 e. The number of nitrogens with one attached hydrogen (secondary N) is 1. The molecule has 0 fully saturated rings. The second-order valence-electron chi connectivity index (χ2n) is 4.93. The Bertz CT molecular complexity index is 640. The molecule has 0 spiro atoms. The van der Waals surface area contributed by atoms with Crippen molar-refractivity contribution < 1.29 is 0 Å².